The quantitative estimate of drug-likeness (QED) is 0.536. The van der Waals surface area contributed by atoms with Crippen LogP contribution in [0.1, 0.15) is 34.6 Å². The van der Waals surface area contributed by atoms with Crippen LogP contribution in [0.3, 0.4) is 0 Å². The number of halogens is 1. The van der Waals surface area contributed by atoms with Crippen molar-refractivity contribution in [1.29, 1.82) is 5.26 Å². The van der Waals surface area contributed by atoms with Crippen molar-refractivity contribution in [3.63, 3.8) is 0 Å². The number of rotatable bonds is 6. The summed E-state index contributed by atoms with van der Waals surface area (Å²) < 4.78 is 26.6. The topological polar surface area (TPSA) is 87.7 Å². The SMILES string of the molecule is CCOC(=O)c1c(O)cc2n1C(Cc1ccccc1F)C(C#N)=C(c1ccc(OC)cc1)N2C. The third-order valence-electron chi connectivity index (χ3n) is 5.90. The number of carbonyl (C=O) groups excluding carboxylic acids is 1. The van der Waals surface area contributed by atoms with Gasteiger partial charge < -0.3 is 24.0 Å². The maximum atomic E-state index is 14.6. The number of hydrogen-bond acceptors (Lipinski definition) is 6. The van der Waals surface area contributed by atoms with E-state index in [0.29, 0.717) is 28.4 Å². The van der Waals surface area contributed by atoms with E-state index >= 15 is 0 Å². The van der Waals surface area contributed by atoms with Gasteiger partial charge in [-0.2, -0.15) is 5.26 Å². The minimum atomic E-state index is -0.759. The van der Waals surface area contributed by atoms with E-state index < -0.39 is 17.8 Å². The number of benzene rings is 2. The first-order valence-electron chi connectivity index (χ1n) is 10.8. The van der Waals surface area contributed by atoms with E-state index in [1.54, 1.807) is 60.9 Å². The highest BCUT2D eigenvalue weighted by molar-refractivity contribution is 5.95. The number of nitriles is 1. The molecule has 4 rings (SSSR count). The first kappa shape index (κ1) is 22.9. The van der Waals surface area contributed by atoms with E-state index in [0.717, 1.165) is 5.56 Å². The van der Waals surface area contributed by atoms with Crippen molar-refractivity contribution in [2.45, 2.75) is 19.4 Å². The highest BCUT2D eigenvalue weighted by Gasteiger charge is 2.37. The number of nitrogens with zero attached hydrogens (tertiary/aromatic N) is 3. The van der Waals surface area contributed by atoms with Crippen molar-refractivity contribution >= 4 is 17.5 Å². The van der Waals surface area contributed by atoms with E-state index in [4.69, 9.17) is 9.47 Å². The molecule has 2 heterocycles. The van der Waals surface area contributed by atoms with Gasteiger partial charge >= 0.3 is 5.97 Å². The first-order chi connectivity index (χ1) is 16.4. The van der Waals surface area contributed by atoms with Crippen LogP contribution in [-0.4, -0.2) is 36.4 Å². The molecule has 7 nitrogen and oxygen atoms in total. The molecule has 1 aromatic heterocycles. The molecule has 34 heavy (non-hydrogen) atoms. The smallest absolute Gasteiger partial charge is 0.358 e. The van der Waals surface area contributed by atoms with E-state index in [1.807, 2.05) is 12.1 Å². The van der Waals surface area contributed by atoms with Gasteiger partial charge in [0.25, 0.3) is 0 Å². The second-order valence-electron chi connectivity index (χ2n) is 7.80. The summed E-state index contributed by atoms with van der Waals surface area (Å²) >= 11 is 0. The van der Waals surface area contributed by atoms with Gasteiger partial charge in [-0.05, 0) is 48.4 Å². The normalized spacial score (nSPS) is 15.0. The Morgan fingerprint density at radius 3 is 2.53 bits per heavy atom. The number of aromatic hydroxyl groups is 1. The molecule has 3 aromatic rings. The van der Waals surface area contributed by atoms with Gasteiger partial charge in [0.15, 0.2) is 5.69 Å². The van der Waals surface area contributed by atoms with Crippen LogP contribution in [0.4, 0.5) is 10.2 Å². The number of esters is 1. The highest BCUT2D eigenvalue weighted by Crippen LogP contribution is 2.45. The lowest BCUT2D eigenvalue weighted by Crippen LogP contribution is -2.32. The fraction of sp³-hybridized carbons (Fsp3) is 0.231. The molecule has 8 heteroatoms. The number of fused-ring (bicyclic) bond motifs is 1. The van der Waals surface area contributed by atoms with Gasteiger partial charge in [-0.15, -0.1) is 0 Å². The summed E-state index contributed by atoms with van der Waals surface area (Å²) in [5.74, 6) is -0.266. The summed E-state index contributed by atoms with van der Waals surface area (Å²) in [6.45, 7) is 1.78. The number of allylic oxidation sites excluding steroid dienone is 1. The van der Waals surface area contributed by atoms with Crippen LogP contribution < -0.4 is 9.64 Å². The molecule has 0 radical (unpaired) electrons. The van der Waals surface area contributed by atoms with Gasteiger partial charge in [-0.1, -0.05) is 18.2 Å². The minimum absolute atomic E-state index is 0.0772. The molecule has 1 atom stereocenters. The Bertz CT molecular complexity index is 1300. The number of methoxy groups -OCH3 is 1. The fourth-order valence-electron chi connectivity index (χ4n) is 4.35. The molecule has 1 N–H and O–H groups in total. The van der Waals surface area contributed by atoms with E-state index in [-0.39, 0.29) is 24.5 Å². The number of carbonyl (C=O) groups is 1. The Morgan fingerprint density at radius 2 is 1.91 bits per heavy atom. The van der Waals surface area contributed by atoms with Crippen LogP contribution in [-0.2, 0) is 11.2 Å². The molecular formula is C26H24FN3O4. The van der Waals surface area contributed by atoms with Crippen LogP contribution in [0.2, 0.25) is 0 Å². The van der Waals surface area contributed by atoms with Crippen LogP contribution in [0.15, 0.2) is 60.2 Å². The summed E-state index contributed by atoms with van der Waals surface area (Å²) in [7, 11) is 3.31. The number of hydrogen-bond donors (Lipinski definition) is 1. The van der Waals surface area contributed by atoms with Crippen molar-refractivity contribution in [1.82, 2.24) is 4.57 Å². The first-order valence-corrected chi connectivity index (χ1v) is 10.8. The van der Waals surface area contributed by atoms with E-state index in [2.05, 4.69) is 6.07 Å². The Kier molecular flexibility index (Phi) is 6.28. The monoisotopic (exact) mass is 461 g/mol. The summed E-state index contributed by atoms with van der Waals surface area (Å²) in [5, 5.41) is 21.0. The molecule has 0 fully saturated rings. The number of ether oxygens (including phenoxy) is 2. The molecule has 0 saturated heterocycles. The van der Waals surface area contributed by atoms with Crippen molar-refractivity contribution in [3.8, 4) is 17.6 Å². The summed E-state index contributed by atoms with van der Waals surface area (Å²) in [4.78, 5) is 14.5. The third kappa shape index (κ3) is 3.86. The molecule has 0 saturated carbocycles. The zero-order valence-corrected chi connectivity index (χ0v) is 19.1. The number of aromatic nitrogens is 1. The fourth-order valence-corrected chi connectivity index (χ4v) is 4.35. The highest BCUT2D eigenvalue weighted by atomic mass is 19.1. The molecule has 0 bridgehead atoms. The standard InChI is InChI=1S/C26H24FN3O4/c1-4-34-26(32)25-22(31)14-23-29(2)24(16-9-11-18(33-3)12-10-16)19(15-28)21(30(23)25)13-17-7-5-6-8-20(17)27/h5-12,14,21,31H,4,13H2,1-3H3. The van der Waals surface area contributed by atoms with Gasteiger partial charge in [0, 0.05) is 19.5 Å². The molecule has 1 aliphatic heterocycles. The maximum absolute atomic E-state index is 14.6. The average molecular weight is 461 g/mol. The predicted molar refractivity (Wildman–Crippen MR) is 125 cm³/mol. The summed E-state index contributed by atoms with van der Waals surface area (Å²) in [6.07, 6.45) is 0.0938. The summed E-state index contributed by atoms with van der Waals surface area (Å²) in [6, 6.07) is 16.5. The predicted octanol–water partition coefficient (Wildman–Crippen LogP) is 4.69. The van der Waals surface area contributed by atoms with Gasteiger partial charge in [0.05, 0.1) is 37.1 Å². The molecule has 174 valence electrons. The van der Waals surface area contributed by atoms with Gasteiger partial charge in [0.1, 0.15) is 23.1 Å². The van der Waals surface area contributed by atoms with Crippen molar-refractivity contribution in [3.05, 3.63) is 82.8 Å². The lowest BCUT2D eigenvalue weighted by Gasteiger charge is -2.36. The molecular weight excluding hydrogens is 437 g/mol. The zero-order valence-electron chi connectivity index (χ0n) is 19.1. The molecule has 1 aliphatic rings. The van der Waals surface area contributed by atoms with Gasteiger partial charge in [-0.3, -0.25) is 0 Å². The van der Waals surface area contributed by atoms with Crippen LogP contribution in [0.5, 0.6) is 11.5 Å². The molecule has 0 aliphatic carbocycles. The Labute approximate surface area is 196 Å². The van der Waals surface area contributed by atoms with Crippen molar-refractivity contribution in [2.24, 2.45) is 0 Å². The van der Waals surface area contributed by atoms with E-state index in [1.165, 1.54) is 12.1 Å². The lowest BCUT2D eigenvalue weighted by atomic mass is 9.92. The minimum Gasteiger partial charge on any atom is -0.505 e. The maximum Gasteiger partial charge on any atom is 0.358 e. The Morgan fingerprint density at radius 1 is 1.21 bits per heavy atom. The second-order valence-corrected chi connectivity index (χ2v) is 7.80. The molecule has 1 unspecified atom stereocenters. The molecule has 2 aromatic carbocycles. The number of anilines is 1. The zero-order chi connectivity index (χ0) is 24.4. The van der Waals surface area contributed by atoms with Crippen LogP contribution >= 0.6 is 0 Å². The largest absolute Gasteiger partial charge is 0.505 e. The third-order valence-corrected chi connectivity index (χ3v) is 5.90. The van der Waals surface area contributed by atoms with Gasteiger partial charge in [0.2, 0.25) is 0 Å². The Balaban J connectivity index is 1.96. The van der Waals surface area contributed by atoms with Crippen LogP contribution in [0.25, 0.3) is 5.70 Å². The Hall–Kier alpha value is -4.25. The van der Waals surface area contributed by atoms with Crippen molar-refractivity contribution < 1.29 is 23.8 Å². The van der Waals surface area contributed by atoms with Crippen molar-refractivity contribution in [2.75, 3.05) is 25.7 Å². The van der Waals surface area contributed by atoms with E-state index in [9.17, 15) is 19.6 Å². The molecule has 0 amide bonds. The van der Waals surface area contributed by atoms with Gasteiger partial charge in [-0.25, -0.2) is 9.18 Å². The second kappa shape index (κ2) is 9.32. The molecule has 0 spiro atoms. The van der Waals surface area contributed by atoms with Crippen LogP contribution in [0, 0.1) is 17.1 Å². The average Bonchev–Trinajstić information content (AvgIpc) is 3.19. The lowest BCUT2D eigenvalue weighted by molar-refractivity contribution is 0.0508. The summed E-state index contributed by atoms with van der Waals surface area (Å²) in [5.41, 5.74) is 1.96.